The second-order valence-electron chi connectivity index (χ2n) is 7.08. The maximum absolute atomic E-state index is 12.4. The number of hydrogen-bond donors (Lipinski definition) is 3. The molecule has 4 rings (SSSR count). The molecule has 0 aliphatic heterocycles. The summed E-state index contributed by atoms with van der Waals surface area (Å²) in [6, 6.07) is 20.4. The summed E-state index contributed by atoms with van der Waals surface area (Å²) in [4.78, 5) is 17.1. The summed E-state index contributed by atoms with van der Waals surface area (Å²) in [6.45, 7) is 2.06. The van der Waals surface area contributed by atoms with Crippen LogP contribution in [0.1, 0.15) is 5.56 Å². The highest BCUT2D eigenvalue weighted by molar-refractivity contribution is 7.21. The molecule has 0 unspecified atom stereocenters. The first-order chi connectivity index (χ1) is 15.4. The molecule has 32 heavy (non-hydrogen) atoms. The summed E-state index contributed by atoms with van der Waals surface area (Å²) < 4.78 is 1.15. The van der Waals surface area contributed by atoms with Gasteiger partial charge >= 0.3 is 0 Å². The van der Waals surface area contributed by atoms with Crippen LogP contribution in [-0.4, -0.2) is 10.9 Å². The fourth-order valence-electron chi connectivity index (χ4n) is 2.99. The van der Waals surface area contributed by atoms with E-state index >= 15 is 0 Å². The summed E-state index contributed by atoms with van der Waals surface area (Å²) >= 11 is 7.72. The SMILES string of the molecule is Cc1ccc2nc(-c3ccc(N/C=C(/C#N)C(=O)Nc4ccc(N)cc4Cl)cc3)sc2c1. The van der Waals surface area contributed by atoms with Crippen LogP contribution in [0, 0.1) is 18.3 Å². The molecule has 0 atom stereocenters. The molecule has 0 aliphatic rings. The number of benzene rings is 3. The molecule has 0 spiro atoms. The molecular formula is C24H18ClN5OS. The van der Waals surface area contributed by atoms with E-state index in [1.165, 1.54) is 17.8 Å². The third kappa shape index (κ3) is 4.72. The first-order valence-corrected chi connectivity index (χ1v) is 10.8. The van der Waals surface area contributed by atoms with Gasteiger partial charge in [-0.1, -0.05) is 17.7 Å². The molecule has 0 aliphatic carbocycles. The molecule has 1 amide bonds. The van der Waals surface area contributed by atoms with Gasteiger partial charge in [-0.05, 0) is 67.1 Å². The number of halogens is 1. The number of carbonyl (C=O) groups is 1. The van der Waals surface area contributed by atoms with Gasteiger partial charge in [0.2, 0.25) is 0 Å². The van der Waals surface area contributed by atoms with Crippen molar-refractivity contribution in [3.05, 3.63) is 83.0 Å². The van der Waals surface area contributed by atoms with Gasteiger partial charge in [-0.15, -0.1) is 11.3 Å². The smallest absolute Gasteiger partial charge is 0.267 e. The van der Waals surface area contributed by atoms with E-state index in [4.69, 9.17) is 17.3 Å². The lowest BCUT2D eigenvalue weighted by atomic mass is 10.2. The lowest BCUT2D eigenvalue weighted by Gasteiger charge is -2.08. The van der Waals surface area contributed by atoms with Crippen molar-refractivity contribution in [3.8, 4) is 16.6 Å². The Balaban J connectivity index is 1.46. The molecule has 158 valence electrons. The second-order valence-corrected chi connectivity index (χ2v) is 8.51. The zero-order chi connectivity index (χ0) is 22.7. The van der Waals surface area contributed by atoms with Gasteiger partial charge in [-0.3, -0.25) is 4.79 Å². The largest absolute Gasteiger partial charge is 0.399 e. The molecule has 6 nitrogen and oxygen atoms in total. The number of nitrogens with two attached hydrogens (primary N) is 1. The van der Waals surface area contributed by atoms with Crippen LogP contribution in [0.2, 0.25) is 5.02 Å². The van der Waals surface area contributed by atoms with E-state index < -0.39 is 5.91 Å². The van der Waals surface area contributed by atoms with Crippen molar-refractivity contribution in [3.63, 3.8) is 0 Å². The van der Waals surface area contributed by atoms with E-state index in [2.05, 4.69) is 34.7 Å². The molecule has 1 aromatic heterocycles. The standard InChI is InChI=1S/C24H18ClN5OS/c1-14-2-8-21-22(10-14)32-24(30-21)15-3-6-18(7-4-15)28-13-16(12-26)23(31)29-20-9-5-17(27)11-19(20)25/h2-11,13,28H,27H2,1H3,(H,29,31)/b16-13-. The molecule has 1 heterocycles. The number of hydrogen-bond acceptors (Lipinski definition) is 6. The van der Waals surface area contributed by atoms with Crippen molar-refractivity contribution in [2.45, 2.75) is 6.92 Å². The molecule has 4 aromatic rings. The predicted octanol–water partition coefficient (Wildman–Crippen LogP) is 5.97. The Morgan fingerprint density at radius 2 is 1.94 bits per heavy atom. The summed E-state index contributed by atoms with van der Waals surface area (Å²) in [6.07, 6.45) is 1.36. The summed E-state index contributed by atoms with van der Waals surface area (Å²) in [7, 11) is 0. The number of anilines is 3. The topological polar surface area (TPSA) is 104 Å². The normalized spacial score (nSPS) is 11.2. The zero-order valence-corrected chi connectivity index (χ0v) is 18.6. The van der Waals surface area contributed by atoms with Gasteiger partial charge in [-0.25, -0.2) is 4.98 Å². The first kappa shape index (κ1) is 21.4. The van der Waals surface area contributed by atoms with E-state index in [-0.39, 0.29) is 5.57 Å². The van der Waals surface area contributed by atoms with Crippen LogP contribution < -0.4 is 16.4 Å². The van der Waals surface area contributed by atoms with Gasteiger partial charge in [0, 0.05) is 23.1 Å². The molecule has 0 fully saturated rings. The molecule has 0 saturated carbocycles. The fourth-order valence-corrected chi connectivity index (χ4v) is 4.30. The number of nitrogens with zero attached hydrogens (tertiary/aromatic N) is 2. The Labute approximate surface area is 194 Å². The van der Waals surface area contributed by atoms with Gasteiger partial charge in [-0.2, -0.15) is 5.26 Å². The highest BCUT2D eigenvalue weighted by Crippen LogP contribution is 2.31. The third-order valence-electron chi connectivity index (χ3n) is 4.67. The Kier molecular flexibility index (Phi) is 6.08. The van der Waals surface area contributed by atoms with Crippen LogP contribution in [0.4, 0.5) is 17.1 Å². The monoisotopic (exact) mass is 459 g/mol. The fraction of sp³-hybridized carbons (Fsp3) is 0.0417. The molecule has 4 N–H and O–H groups in total. The number of fused-ring (bicyclic) bond motifs is 1. The van der Waals surface area contributed by atoms with Gasteiger partial charge in [0.25, 0.3) is 5.91 Å². The summed E-state index contributed by atoms with van der Waals surface area (Å²) in [5.74, 6) is -0.576. The Bertz CT molecular complexity index is 1390. The van der Waals surface area contributed by atoms with Crippen molar-refractivity contribution >= 4 is 56.1 Å². The number of nitriles is 1. The van der Waals surface area contributed by atoms with Crippen LogP contribution >= 0.6 is 22.9 Å². The number of nitrogens with one attached hydrogen (secondary N) is 2. The quantitative estimate of drug-likeness (QED) is 0.194. The first-order valence-electron chi connectivity index (χ1n) is 9.64. The maximum atomic E-state index is 12.4. The average molecular weight is 460 g/mol. The molecule has 0 bridgehead atoms. The molecule has 8 heteroatoms. The molecule has 3 aromatic carbocycles. The van der Waals surface area contributed by atoms with Crippen LogP contribution in [0.5, 0.6) is 0 Å². The number of aromatic nitrogens is 1. The van der Waals surface area contributed by atoms with Crippen molar-refractivity contribution in [1.29, 1.82) is 5.26 Å². The average Bonchev–Trinajstić information content (AvgIpc) is 3.20. The van der Waals surface area contributed by atoms with E-state index in [9.17, 15) is 10.1 Å². The number of rotatable bonds is 5. The van der Waals surface area contributed by atoms with Crippen molar-refractivity contribution in [2.75, 3.05) is 16.4 Å². The number of carbonyl (C=O) groups excluding carboxylic acids is 1. The lowest BCUT2D eigenvalue weighted by Crippen LogP contribution is -2.15. The Morgan fingerprint density at radius 3 is 2.66 bits per heavy atom. The van der Waals surface area contributed by atoms with Gasteiger partial charge in [0.1, 0.15) is 16.6 Å². The van der Waals surface area contributed by atoms with Crippen molar-refractivity contribution in [1.82, 2.24) is 4.98 Å². The van der Waals surface area contributed by atoms with E-state index in [0.717, 1.165) is 26.5 Å². The van der Waals surface area contributed by atoms with Crippen LogP contribution in [0.3, 0.4) is 0 Å². The van der Waals surface area contributed by atoms with E-state index in [0.29, 0.717) is 16.4 Å². The number of amides is 1. The van der Waals surface area contributed by atoms with Crippen LogP contribution in [0.25, 0.3) is 20.8 Å². The Morgan fingerprint density at radius 1 is 1.16 bits per heavy atom. The second kappa shape index (κ2) is 9.10. The molecule has 0 radical (unpaired) electrons. The zero-order valence-electron chi connectivity index (χ0n) is 17.0. The number of aryl methyl sites for hydroxylation is 1. The summed E-state index contributed by atoms with van der Waals surface area (Å²) in [5.41, 5.74) is 10.3. The highest BCUT2D eigenvalue weighted by atomic mass is 35.5. The lowest BCUT2D eigenvalue weighted by molar-refractivity contribution is -0.112. The summed E-state index contributed by atoms with van der Waals surface area (Å²) in [5, 5.41) is 16.2. The molecular weight excluding hydrogens is 442 g/mol. The number of thiazole rings is 1. The van der Waals surface area contributed by atoms with E-state index in [1.807, 2.05) is 36.4 Å². The van der Waals surface area contributed by atoms with Crippen molar-refractivity contribution < 1.29 is 4.79 Å². The Hall–Kier alpha value is -3.86. The third-order valence-corrected chi connectivity index (χ3v) is 6.05. The van der Waals surface area contributed by atoms with Gasteiger partial charge in [0.05, 0.1) is 20.9 Å². The van der Waals surface area contributed by atoms with Gasteiger partial charge < -0.3 is 16.4 Å². The van der Waals surface area contributed by atoms with Crippen molar-refractivity contribution in [2.24, 2.45) is 0 Å². The highest BCUT2D eigenvalue weighted by Gasteiger charge is 2.12. The minimum absolute atomic E-state index is 0.0940. The van der Waals surface area contributed by atoms with Crippen LogP contribution in [-0.2, 0) is 4.79 Å². The van der Waals surface area contributed by atoms with E-state index in [1.54, 1.807) is 23.5 Å². The minimum atomic E-state index is -0.576. The predicted molar refractivity (Wildman–Crippen MR) is 132 cm³/mol. The van der Waals surface area contributed by atoms with Crippen LogP contribution in [0.15, 0.2) is 72.4 Å². The minimum Gasteiger partial charge on any atom is -0.399 e. The number of nitrogen functional groups attached to an aromatic ring is 1. The maximum Gasteiger partial charge on any atom is 0.267 e. The van der Waals surface area contributed by atoms with Gasteiger partial charge in [0.15, 0.2) is 0 Å². The molecule has 0 saturated heterocycles.